The molecule has 1 fully saturated rings. The Labute approximate surface area is 128 Å². The minimum Gasteiger partial charge on any atom is -0.309 e. The minimum absolute atomic E-state index is 0.409. The van der Waals surface area contributed by atoms with Gasteiger partial charge in [0.25, 0.3) is 0 Å². The lowest BCUT2D eigenvalue weighted by molar-refractivity contribution is 0.230. The third-order valence-electron chi connectivity index (χ3n) is 4.89. The lowest BCUT2D eigenvalue weighted by Crippen LogP contribution is -2.31. The third kappa shape index (κ3) is 3.26. The van der Waals surface area contributed by atoms with Crippen LogP contribution in [0.1, 0.15) is 51.3 Å². The number of rotatable bonds is 4. The van der Waals surface area contributed by atoms with Crippen LogP contribution in [0.4, 0.5) is 0 Å². The predicted octanol–water partition coefficient (Wildman–Crippen LogP) is 4.71. The summed E-state index contributed by atoms with van der Waals surface area (Å²) in [5.74, 6) is 1.63. The normalized spacial score (nSPS) is 24.1. The molecule has 1 aromatic heterocycles. The average Bonchev–Trinajstić information content (AvgIpc) is 2.53. The van der Waals surface area contributed by atoms with Crippen molar-refractivity contribution in [3.8, 4) is 0 Å². The van der Waals surface area contributed by atoms with E-state index in [1.54, 1.807) is 0 Å². The molecule has 1 saturated carbocycles. The topological polar surface area (TPSA) is 24.9 Å². The zero-order valence-electron chi connectivity index (χ0n) is 13.2. The molecule has 0 saturated heterocycles. The van der Waals surface area contributed by atoms with Crippen molar-refractivity contribution in [1.82, 2.24) is 10.3 Å². The molecule has 0 aliphatic heterocycles. The van der Waals surface area contributed by atoms with Gasteiger partial charge in [-0.3, -0.25) is 4.98 Å². The molecule has 1 N–H and O–H groups in total. The maximum atomic E-state index is 4.93. The molecule has 3 rings (SSSR count). The van der Waals surface area contributed by atoms with Gasteiger partial charge in [0, 0.05) is 5.39 Å². The van der Waals surface area contributed by atoms with Crippen molar-refractivity contribution in [2.75, 3.05) is 6.54 Å². The zero-order chi connectivity index (χ0) is 14.7. The van der Waals surface area contributed by atoms with E-state index in [9.17, 15) is 0 Å². The van der Waals surface area contributed by atoms with Crippen molar-refractivity contribution in [2.24, 2.45) is 11.8 Å². The van der Waals surface area contributed by atoms with Gasteiger partial charge in [-0.2, -0.15) is 0 Å². The van der Waals surface area contributed by atoms with E-state index in [0.29, 0.717) is 6.04 Å². The van der Waals surface area contributed by atoms with Crippen LogP contribution in [0.3, 0.4) is 0 Å². The molecule has 1 unspecified atom stereocenters. The molecule has 0 amide bonds. The van der Waals surface area contributed by atoms with Crippen molar-refractivity contribution in [2.45, 2.75) is 45.6 Å². The third-order valence-corrected chi connectivity index (χ3v) is 4.89. The summed E-state index contributed by atoms with van der Waals surface area (Å²) in [6.45, 7) is 5.58. The number of para-hydroxylation sites is 1. The number of pyridine rings is 1. The summed E-state index contributed by atoms with van der Waals surface area (Å²) in [5.41, 5.74) is 2.33. The van der Waals surface area contributed by atoms with Crippen LogP contribution in [0.2, 0.25) is 0 Å². The summed E-state index contributed by atoms with van der Waals surface area (Å²) in [5, 5.41) is 4.92. The van der Waals surface area contributed by atoms with Crippen LogP contribution in [0.5, 0.6) is 0 Å². The van der Waals surface area contributed by atoms with Crippen molar-refractivity contribution >= 4 is 10.9 Å². The quantitative estimate of drug-likeness (QED) is 0.878. The number of nitrogens with one attached hydrogen (secondary N) is 1. The summed E-state index contributed by atoms with van der Waals surface area (Å²) in [7, 11) is 0. The summed E-state index contributed by atoms with van der Waals surface area (Å²) in [6, 6.07) is 13.2. The van der Waals surface area contributed by atoms with Gasteiger partial charge >= 0.3 is 0 Å². The molecular formula is C19H26N2. The van der Waals surface area contributed by atoms with Gasteiger partial charge in [0.2, 0.25) is 0 Å². The van der Waals surface area contributed by atoms with E-state index in [2.05, 4.69) is 55.6 Å². The second kappa shape index (κ2) is 6.57. The van der Waals surface area contributed by atoms with Crippen LogP contribution in [0, 0.1) is 11.8 Å². The molecule has 1 aromatic carbocycles. The Balaban J connectivity index is 1.87. The van der Waals surface area contributed by atoms with E-state index in [1.807, 2.05) is 0 Å². The molecule has 2 aromatic rings. The fourth-order valence-corrected chi connectivity index (χ4v) is 3.61. The van der Waals surface area contributed by atoms with Gasteiger partial charge < -0.3 is 5.32 Å². The number of fused-ring (bicyclic) bond motifs is 1. The van der Waals surface area contributed by atoms with E-state index in [0.717, 1.165) is 23.9 Å². The Hall–Kier alpha value is -1.41. The van der Waals surface area contributed by atoms with Crippen molar-refractivity contribution in [1.29, 1.82) is 0 Å². The zero-order valence-corrected chi connectivity index (χ0v) is 13.2. The first kappa shape index (κ1) is 14.5. The van der Waals surface area contributed by atoms with Gasteiger partial charge in [0.05, 0.1) is 17.3 Å². The number of nitrogens with zero attached hydrogens (tertiary/aromatic N) is 1. The van der Waals surface area contributed by atoms with Gasteiger partial charge in [-0.05, 0) is 43.4 Å². The molecular weight excluding hydrogens is 256 g/mol. The van der Waals surface area contributed by atoms with Gasteiger partial charge in [0.15, 0.2) is 0 Å². The van der Waals surface area contributed by atoms with Crippen molar-refractivity contribution < 1.29 is 0 Å². The molecule has 0 radical (unpaired) electrons. The molecule has 1 heterocycles. The lowest BCUT2D eigenvalue weighted by Gasteiger charge is -2.33. The number of aromatic nitrogens is 1. The summed E-state index contributed by atoms with van der Waals surface area (Å²) in [6.07, 6.45) is 5.38. The Morgan fingerprint density at radius 1 is 1.10 bits per heavy atom. The van der Waals surface area contributed by atoms with Crippen LogP contribution >= 0.6 is 0 Å². The standard InChI is InChI=1S/C19H26N2/c1-3-20-19(16-10-8-14(2)9-11-16)18-13-12-15-6-4-5-7-17(15)21-18/h4-7,12-14,16,19-20H,3,8-11H2,1-2H3. The van der Waals surface area contributed by atoms with Crippen LogP contribution in [-0.4, -0.2) is 11.5 Å². The van der Waals surface area contributed by atoms with Crippen LogP contribution in [-0.2, 0) is 0 Å². The van der Waals surface area contributed by atoms with E-state index in [4.69, 9.17) is 4.98 Å². The van der Waals surface area contributed by atoms with Crippen molar-refractivity contribution in [3.63, 3.8) is 0 Å². The fraction of sp³-hybridized carbons (Fsp3) is 0.526. The number of hydrogen-bond donors (Lipinski definition) is 1. The highest BCUT2D eigenvalue weighted by molar-refractivity contribution is 5.78. The van der Waals surface area contributed by atoms with Gasteiger partial charge in [0.1, 0.15) is 0 Å². The van der Waals surface area contributed by atoms with Gasteiger partial charge in [-0.25, -0.2) is 0 Å². The number of hydrogen-bond acceptors (Lipinski definition) is 2. The molecule has 2 nitrogen and oxygen atoms in total. The summed E-state index contributed by atoms with van der Waals surface area (Å²) >= 11 is 0. The average molecular weight is 282 g/mol. The van der Waals surface area contributed by atoms with E-state index in [-0.39, 0.29) is 0 Å². The molecule has 0 bridgehead atoms. The maximum absolute atomic E-state index is 4.93. The fourth-order valence-electron chi connectivity index (χ4n) is 3.61. The first-order chi connectivity index (χ1) is 10.3. The minimum atomic E-state index is 0.409. The maximum Gasteiger partial charge on any atom is 0.0706 e. The van der Waals surface area contributed by atoms with Crippen molar-refractivity contribution in [3.05, 3.63) is 42.1 Å². The first-order valence-corrected chi connectivity index (χ1v) is 8.37. The molecule has 21 heavy (non-hydrogen) atoms. The lowest BCUT2D eigenvalue weighted by atomic mass is 9.78. The van der Waals surface area contributed by atoms with Gasteiger partial charge in [-0.15, -0.1) is 0 Å². The largest absolute Gasteiger partial charge is 0.309 e. The van der Waals surface area contributed by atoms with E-state index in [1.165, 1.54) is 36.8 Å². The second-order valence-corrected chi connectivity index (χ2v) is 6.48. The molecule has 1 aliphatic carbocycles. The molecule has 1 aliphatic rings. The van der Waals surface area contributed by atoms with E-state index < -0.39 is 0 Å². The van der Waals surface area contributed by atoms with Gasteiger partial charge in [-0.1, -0.05) is 51.0 Å². The SMILES string of the molecule is CCNC(c1ccc2ccccc2n1)C1CCC(C)CC1. The summed E-state index contributed by atoms with van der Waals surface area (Å²) < 4.78 is 0. The van der Waals surface area contributed by atoms with E-state index >= 15 is 0 Å². The highest BCUT2D eigenvalue weighted by atomic mass is 14.9. The first-order valence-electron chi connectivity index (χ1n) is 8.37. The Morgan fingerprint density at radius 2 is 1.86 bits per heavy atom. The van der Waals surface area contributed by atoms with Crippen LogP contribution < -0.4 is 5.32 Å². The number of benzene rings is 1. The summed E-state index contributed by atoms with van der Waals surface area (Å²) in [4.78, 5) is 4.93. The molecule has 1 atom stereocenters. The monoisotopic (exact) mass is 282 g/mol. The highest BCUT2D eigenvalue weighted by Crippen LogP contribution is 2.36. The Bertz CT molecular complexity index is 585. The smallest absolute Gasteiger partial charge is 0.0706 e. The predicted molar refractivity (Wildman–Crippen MR) is 89.3 cm³/mol. The van der Waals surface area contributed by atoms with Crippen LogP contribution in [0.15, 0.2) is 36.4 Å². The molecule has 0 spiro atoms. The van der Waals surface area contributed by atoms with Crippen LogP contribution in [0.25, 0.3) is 10.9 Å². The molecule has 2 heteroatoms. The second-order valence-electron chi connectivity index (χ2n) is 6.48. The highest BCUT2D eigenvalue weighted by Gasteiger charge is 2.27. The Kier molecular flexibility index (Phi) is 4.54. The molecule has 112 valence electrons. The Morgan fingerprint density at radius 3 is 2.62 bits per heavy atom.